The van der Waals surface area contributed by atoms with Crippen LogP contribution in [0.15, 0.2) is 0 Å². The highest BCUT2D eigenvalue weighted by Crippen LogP contribution is 2.51. The molecule has 2 aliphatic carbocycles. The van der Waals surface area contributed by atoms with Gasteiger partial charge < -0.3 is 0 Å². The molecule has 0 aliphatic heterocycles. The van der Waals surface area contributed by atoms with Crippen molar-refractivity contribution >= 4 is 0 Å². The second-order valence-electron chi connectivity index (χ2n) is 4.62. The fourth-order valence-electron chi connectivity index (χ4n) is 2.48. The summed E-state index contributed by atoms with van der Waals surface area (Å²) >= 11 is 0. The van der Waals surface area contributed by atoms with E-state index in [0.717, 1.165) is 5.41 Å². The van der Waals surface area contributed by atoms with Gasteiger partial charge in [0.15, 0.2) is 0 Å². The van der Waals surface area contributed by atoms with Crippen LogP contribution in [0.3, 0.4) is 0 Å². The maximum atomic E-state index is 2.12. The maximum Gasteiger partial charge on any atom is -0.0297 e. The van der Waals surface area contributed by atoms with Crippen LogP contribution in [0.2, 0.25) is 0 Å². The quantitative estimate of drug-likeness (QED) is 0.498. The van der Waals surface area contributed by atoms with Crippen LogP contribution in [0.1, 0.15) is 71.6 Å². The fourth-order valence-corrected chi connectivity index (χ4v) is 2.48. The van der Waals surface area contributed by atoms with Gasteiger partial charge in [-0.05, 0) is 31.1 Å². The summed E-state index contributed by atoms with van der Waals surface area (Å²) in [5.41, 5.74) is 0.901. The summed E-state index contributed by atoms with van der Waals surface area (Å²) in [6.07, 6.45) is 13.6. The molecule has 0 radical (unpaired) electrons. The molecule has 2 fully saturated rings. The van der Waals surface area contributed by atoms with Crippen LogP contribution in [0.25, 0.3) is 0 Å². The molecule has 0 heteroatoms. The molecular formula is C12H24. The van der Waals surface area contributed by atoms with E-state index < -0.39 is 0 Å². The Bertz CT molecular complexity index is 103. The summed E-state index contributed by atoms with van der Waals surface area (Å²) in [4.78, 5) is 0. The van der Waals surface area contributed by atoms with E-state index in [1.54, 1.807) is 25.7 Å². The van der Waals surface area contributed by atoms with Gasteiger partial charge in [0.05, 0.1) is 0 Å². The number of hydrogen-bond donors (Lipinski definition) is 0. The Kier molecular flexibility index (Phi) is 4.11. The highest BCUT2D eigenvalue weighted by Gasteiger charge is 2.37. The Hall–Kier alpha value is 0. The molecule has 12 heavy (non-hydrogen) atoms. The van der Waals surface area contributed by atoms with Crippen molar-refractivity contribution in [1.82, 2.24) is 0 Å². The molecule has 0 N–H and O–H groups in total. The lowest BCUT2D eigenvalue weighted by Gasteiger charge is -2.45. The molecule has 0 bridgehead atoms. The van der Waals surface area contributed by atoms with E-state index in [0.29, 0.717) is 0 Å². The zero-order valence-electron chi connectivity index (χ0n) is 8.86. The van der Waals surface area contributed by atoms with Crippen molar-refractivity contribution in [3.05, 3.63) is 0 Å². The standard InChI is InChI=1S/C9H16.C3H8/c1-2-5-9(6-3-1)7-4-8-9;1-3-2/h1-8H2;3H2,1-2H3. The molecule has 2 aliphatic rings. The van der Waals surface area contributed by atoms with Gasteiger partial charge in [-0.25, -0.2) is 0 Å². The minimum absolute atomic E-state index is 0.901. The molecule has 2 saturated carbocycles. The van der Waals surface area contributed by atoms with Gasteiger partial charge in [0.25, 0.3) is 0 Å². The molecule has 72 valence electrons. The van der Waals surface area contributed by atoms with E-state index >= 15 is 0 Å². The second kappa shape index (κ2) is 4.89. The third-order valence-electron chi connectivity index (χ3n) is 3.33. The molecule has 2 rings (SSSR count). The Balaban J connectivity index is 0.000000213. The lowest BCUT2D eigenvalue weighted by molar-refractivity contribution is 0.0775. The van der Waals surface area contributed by atoms with E-state index in [4.69, 9.17) is 0 Å². The summed E-state index contributed by atoms with van der Waals surface area (Å²) in [5, 5.41) is 0. The molecule has 0 atom stereocenters. The first-order chi connectivity index (χ1) is 5.83. The summed E-state index contributed by atoms with van der Waals surface area (Å²) in [5.74, 6) is 0. The van der Waals surface area contributed by atoms with Crippen LogP contribution in [0.5, 0.6) is 0 Å². The van der Waals surface area contributed by atoms with Gasteiger partial charge in [-0.3, -0.25) is 0 Å². The first kappa shape index (κ1) is 10.1. The van der Waals surface area contributed by atoms with Crippen molar-refractivity contribution in [3.63, 3.8) is 0 Å². The number of rotatable bonds is 0. The summed E-state index contributed by atoms with van der Waals surface area (Å²) in [6.45, 7) is 4.25. The normalized spacial score (nSPS) is 25.5. The Labute approximate surface area is 77.7 Å². The molecule has 0 aromatic rings. The molecule has 0 heterocycles. The van der Waals surface area contributed by atoms with Crippen LogP contribution < -0.4 is 0 Å². The topological polar surface area (TPSA) is 0 Å². The third kappa shape index (κ3) is 2.50. The molecular weight excluding hydrogens is 144 g/mol. The Morgan fingerprint density at radius 2 is 1.17 bits per heavy atom. The molecule has 0 saturated heterocycles. The van der Waals surface area contributed by atoms with Crippen molar-refractivity contribution in [2.24, 2.45) is 5.41 Å². The number of hydrogen-bond acceptors (Lipinski definition) is 0. The fraction of sp³-hybridized carbons (Fsp3) is 1.00. The van der Waals surface area contributed by atoms with Crippen LogP contribution in [0.4, 0.5) is 0 Å². The van der Waals surface area contributed by atoms with Crippen LogP contribution in [0, 0.1) is 5.41 Å². The maximum absolute atomic E-state index is 2.12. The average Bonchev–Trinajstić information content (AvgIpc) is 2.05. The summed E-state index contributed by atoms with van der Waals surface area (Å²) in [6, 6.07) is 0. The van der Waals surface area contributed by atoms with E-state index in [9.17, 15) is 0 Å². The predicted molar refractivity (Wildman–Crippen MR) is 55.3 cm³/mol. The Morgan fingerprint density at radius 3 is 1.42 bits per heavy atom. The SMILES string of the molecule is C1CCC2(CC1)CCC2.CCC. The highest BCUT2D eigenvalue weighted by atomic mass is 14.4. The molecule has 0 unspecified atom stereocenters. The molecule has 0 nitrogen and oxygen atoms in total. The van der Waals surface area contributed by atoms with Gasteiger partial charge in [-0.2, -0.15) is 0 Å². The van der Waals surface area contributed by atoms with Crippen molar-refractivity contribution in [2.45, 2.75) is 71.6 Å². The van der Waals surface area contributed by atoms with Gasteiger partial charge in [0, 0.05) is 0 Å². The van der Waals surface area contributed by atoms with Gasteiger partial charge in [-0.1, -0.05) is 46.0 Å². The van der Waals surface area contributed by atoms with Crippen LogP contribution in [-0.4, -0.2) is 0 Å². The van der Waals surface area contributed by atoms with Crippen molar-refractivity contribution < 1.29 is 0 Å². The lowest BCUT2D eigenvalue weighted by atomic mass is 9.61. The van der Waals surface area contributed by atoms with Crippen LogP contribution >= 0.6 is 0 Å². The van der Waals surface area contributed by atoms with Gasteiger partial charge in [-0.15, -0.1) is 0 Å². The van der Waals surface area contributed by atoms with Crippen molar-refractivity contribution in [2.75, 3.05) is 0 Å². The molecule has 1 spiro atoms. The minimum Gasteiger partial charge on any atom is -0.0656 e. The van der Waals surface area contributed by atoms with E-state index in [2.05, 4.69) is 13.8 Å². The third-order valence-corrected chi connectivity index (χ3v) is 3.33. The largest absolute Gasteiger partial charge is 0.0656 e. The zero-order valence-corrected chi connectivity index (χ0v) is 8.86. The van der Waals surface area contributed by atoms with Crippen molar-refractivity contribution in [3.8, 4) is 0 Å². The summed E-state index contributed by atoms with van der Waals surface area (Å²) in [7, 11) is 0. The molecule has 0 amide bonds. The average molecular weight is 168 g/mol. The van der Waals surface area contributed by atoms with Crippen molar-refractivity contribution in [1.29, 1.82) is 0 Å². The predicted octanol–water partition coefficient (Wildman–Crippen LogP) is 4.54. The Morgan fingerprint density at radius 1 is 0.750 bits per heavy atom. The van der Waals surface area contributed by atoms with Crippen LogP contribution in [-0.2, 0) is 0 Å². The first-order valence-corrected chi connectivity index (χ1v) is 5.83. The highest BCUT2D eigenvalue weighted by molar-refractivity contribution is 4.89. The minimum atomic E-state index is 0.901. The smallest absolute Gasteiger partial charge is 0.0297 e. The molecule has 0 aromatic heterocycles. The monoisotopic (exact) mass is 168 g/mol. The second-order valence-corrected chi connectivity index (χ2v) is 4.62. The van der Waals surface area contributed by atoms with E-state index in [1.165, 1.54) is 32.1 Å². The van der Waals surface area contributed by atoms with E-state index in [1.807, 2.05) is 0 Å². The summed E-state index contributed by atoms with van der Waals surface area (Å²) < 4.78 is 0. The van der Waals surface area contributed by atoms with E-state index in [-0.39, 0.29) is 0 Å². The van der Waals surface area contributed by atoms with Gasteiger partial charge >= 0.3 is 0 Å². The van der Waals surface area contributed by atoms with Gasteiger partial charge in [0.1, 0.15) is 0 Å². The first-order valence-electron chi connectivity index (χ1n) is 5.83. The lowest BCUT2D eigenvalue weighted by Crippen LogP contribution is -2.31. The zero-order chi connectivity index (χ0) is 8.86. The van der Waals surface area contributed by atoms with Gasteiger partial charge in [0.2, 0.25) is 0 Å². The molecule has 0 aromatic carbocycles.